The summed E-state index contributed by atoms with van der Waals surface area (Å²) in [5, 5.41) is 8.79. The predicted molar refractivity (Wildman–Crippen MR) is 57.0 cm³/mol. The van der Waals surface area contributed by atoms with E-state index in [0.29, 0.717) is 19.4 Å². The molecule has 4 nitrogen and oxygen atoms in total. The Kier molecular flexibility index (Phi) is 3.41. The van der Waals surface area contributed by atoms with Crippen molar-refractivity contribution in [2.75, 3.05) is 20.0 Å². The van der Waals surface area contributed by atoms with E-state index in [0.717, 1.165) is 0 Å². The van der Waals surface area contributed by atoms with Crippen LogP contribution in [0.5, 0.6) is 0 Å². The average molecular weight is 231 g/mol. The van der Waals surface area contributed by atoms with Crippen molar-refractivity contribution >= 4 is 9.84 Å². The van der Waals surface area contributed by atoms with Crippen LogP contribution in [0.3, 0.4) is 0 Å². The van der Waals surface area contributed by atoms with Crippen LogP contribution >= 0.6 is 0 Å². The van der Waals surface area contributed by atoms with Gasteiger partial charge in [-0.25, -0.2) is 8.42 Å². The molecule has 0 unspecified atom stereocenters. The van der Waals surface area contributed by atoms with E-state index in [9.17, 15) is 13.7 Å². The van der Waals surface area contributed by atoms with E-state index in [1.807, 2.05) is 6.92 Å². The van der Waals surface area contributed by atoms with Crippen LogP contribution < -0.4 is 0 Å². The maximum atomic E-state index is 11.4. The monoisotopic (exact) mass is 231 g/mol. The molecule has 1 saturated carbocycles. The van der Waals surface area contributed by atoms with Crippen molar-refractivity contribution in [3.63, 3.8) is 0 Å². The molecule has 86 valence electrons. The van der Waals surface area contributed by atoms with Gasteiger partial charge in [0.15, 0.2) is 0 Å². The Hall–Kier alpha value is -0.600. The van der Waals surface area contributed by atoms with E-state index in [1.165, 1.54) is 6.26 Å². The molecule has 1 aliphatic rings. The number of hydrogen-bond acceptors (Lipinski definition) is 4. The van der Waals surface area contributed by atoms with E-state index < -0.39 is 15.3 Å². The van der Waals surface area contributed by atoms with Crippen molar-refractivity contribution in [3.05, 3.63) is 0 Å². The molecule has 3 atom stereocenters. The minimum Gasteiger partial charge on any atom is -0.383 e. The first kappa shape index (κ1) is 12.5. The lowest BCUT2D eigenvalue weighted by molar-refractivity contribution is 0.0951. The third-order valence-corrected chi connectivity index (χ3v) is 4.95. The zero-order valence-electron chi connectivity index (χ0n) is 9.36. The Labute approximate surface area is 91.1 Å². The zero-order valence-corrected chi connectivity index (χ0v) is 10.2. The smallest absolute Gasteiger partial charge is 0.150 e. The van der Waals surface area contributed by atoms with Gasteiger partial charge in [-0.15, -0.1) is 0 Å². The van der Waals surface area contributed by atoms with Crippen LogP contribution in [0.4, 0.5) is 0 Å². The molecule has 0 spiro atoms. The summed E-state index contributed by atoms with van der Waals surface area (Å²) in [6.07, 6.45) is 2.21. The van der Waals surface area contributed by atoms with Crippen molar-refractivity contribution in [3.8, 4) is 6.07 Å². The minimum atomic E-state index is -3.04. The van der Waals surface area contributed by atoms with Gasteiger partial charge in [-0.1, -0.05) is 6.92 Å². The Morgan fingerprint density at radius 1 is 1.60 bits per heavy atom. The lowest BCUT2D eigenvalue weighted by Crippen LogP contribution is -2.28. The number of ether oxygens (including phenoxy) is 1. The van der Waals surface area contributed by atoms with Crippen LogP contribution in [0.2, 0.25) is 0 Å². The second-order valence-corrected chi connectivity index (χ2v) is 6.82. The van der Waals surface area contributed by atoms with Crippen LogP contribution in [0.25, 0.3) is 0 Å². The highest BCUT2D eigenvalue weighted by Crippen LogP contribution is 2.45. The first-order valence-corrected chi connectivity index (χ1v) is 6.90. The summed E-state index contributed by atoms with van der Waals surface area (Å²) < 4.78 is 27.9. The van der Waals surface area contributed by atoms with Crippen molar-refractivity contribution < 1.29 is 13.2 Å². The average Bonchev–Trinajstić information content (AvgIpc) is 2.45. The van der Waals surface area contributed by atoms with E-state index in [-0.39, 0.29) is 11.2 Å². The molecule has 0 heterocycles. The maximum Gasteiger partial charge on any atom is 0.150 e. The summed E-state index contributed by atoms with van der Waals surface area (Å²) in [5.41, 5.74) is -0.623. The van der Waals surface area contributed by atoms with Gasteiger partial charge >= 0.3 is 0 Å². The largest absolute Gasteiger partial charge is 0.383 e. The quantitative estimate of drug-likeness (QED) is 0.726. The molecule has 0 aromatic rings. The Morgan fingerprint density at radius 2 is 2.20 bits per heavy atom. The molecule has 0 aromatic heterocycles. The summed E-state index contributed by atoms with van der Waals surface area (Å²) in [7, 11) is -1.50. The number of rotatable bonds is 3. The van der Waals surface area contributed by atoms with Gasteiger partial charge < -0.3 is 4.74 Å². The van der Waals surface area contributed by atoms with Gasteiger partial charge in [0.2, 0.25) is 0 Å². The molecule has 5 heteroatoms. The summed E-state index contributed by atoms with van der Waals surface area (Å²) >= 11 is 0. The van der Waals surface area contributed by atoms with E-state index in [4.69, 9.17) is 4.74 Å². The van der Waals surface area contributed by atoms with Crippen LogP contribution in [0.15, 0.2) is 0 Å². The van der Waals surface area contributed by atoms with E-state index in [1.54, 1.807) is 7.11 Å². The van der Waals surface area contributed by atoms with Crippen LogP contribution in [0, 0.1) is 22.7 Å². The molecule has 1 rings (SSSR count). The first-order valence-electron chi connectivity index (χ1n) is 4.95. The van der Waals surface area contributed by atoms with Crippen LogP contribution in [0.1, 0.15) is 19.8 Å². The SMILES string of the molecule is COC[C@]1(C#N)C[C@@H](S(C)(=O)=O)C[C@@H]1C. The zero-order chi connectivity index (χ0) is 11.7. The van der Waals surface area contributed by atoms with Crippen molar-refractivity contribution in [2.24, 2.45) is 11.3 Å². The van der Waals surface area contributed by atoms with Gasteiger partial charge in [0.25, 0.3) is 0 Å². The van der Waals surface area contributed by atoms with Gasteiger partial charge in [-0.05, 0) is 18.8 Å². The first-order chi connectivity index (χ1) is 6.85. The van der Waals surface area contributed by atoms with Gasteiger partial charge in [0, 0.05) is 13.4 Å². The molecular weight excluding hydrogens is 214 g/mol. The van der Waals surface area contributed by atoms with Crippen molar-refractivity contribution in [2.45, 2.75) is 25.0 Å². The lowest BCUT2D eigenvalue weighted by Gasteiger charge is -2.24. The Bertz CT molecular complexity index is 371. The van der Waals surface area contributed by atoms with Gasteiger partial charge in [0.1, 0.15) is 9.84 Å². The highest BCUT2D eigenvalue weighted by atomic mass is 32.2. The van der Waals surface area contributed by atoms with Gasteiger partial charge in [-0.2, -0.15) is 5.26 Å². The molecule has 0 bridgehead atoms. The predicted octanol–water partition coefficient (Wildman–Crippen LogP) is 0.986. The molecule has 0 amide bonds. The Balaban J connectivity index is 2.93. The van der Waals surface area contributed by atoms with Crippen molar-refractivity contribution in [1.82, 2.24) is 0 Å². The van der Waals surface area contributed by atoms with Crippen LogP contribution in [-0.4, -0.2) is 33.6 Å². The molecule has 0 saturated heterocycles. The van der Waals surface area contributed by atoms with Crippen LogP contribution in [-0.2, 0) is 14.6 Å². The van der Waals surface area contributed by atoms with E-state index >= 15 is 0 Å². The molecule has 15 heavy (non-hydrogen) atoms. The summed E-state index contributed by atoms with van der Waals surface area (Å²) in [6.45, 7) is 2.24. The highest BCUT2D eigenvalue weighted by molar-refractivity contribution is 7.91. The molecule has 0 radical (unpaired) electrons. The molecular formula is C10H17NO3S. The third kappa shape index (κ3) is 2.32. The minimum absolute atomic E-state index is 0.0715. The normalized spacial score (nSPS) is 36.4. The fourth-order valence-corrected chi connectivity index (χ4v) is 3.52. The second kappa shape index (κ2) is 4.11. The van der Waals surface area contributed by atoms with Gasteiger partial charge in [-0.3, -0.25) is 0 Å². The maximum absolute atomic E-state index is 11.4. The van der Waals surface area contributed by atoms with Crippen molar-refractivity contribution in [1.29, 1.82) is 5.26 Å². The fourth-order valence-electron chi connectivity index (χ4n) is 2.28. The number of methoxy groups -OCH3 is 1. The molecule has 1 fully saturated rings. The Morgan fingerprint density at radius 3 is 2.53 bits per heavy atom. The molecule has 0 N–H and O–H groups in total. The van der Waals surface area contributed by atoms with E-state index in [2.05, 4.69) is 6.07 Å². The number of sulfone groups is 1. The number of nitriles is 1. The fraction of sp³-hybridized carbons (Fsp3) is 0.900. The molecule has 1 aliphatic carbocycles. The molecule has 0 aromatic carbocycles. The number of hydrogen-bond donors (Lipinski definition) is 0. The highest BCUT2D eigenvalue weighted by Gasteiger charge is 2.48. The van der Waals surface area contributed by atoms with Gasteiger partial charge in [0.05, 0.1) is 23.3 Å². The standard InChI is InChI=1S/C10H17NO3S/c1-8-4-9(15(3,12)13)5-10(8,6-11)7-14-2/h8-9H,4-5,7H2,1-3H3/t8-,9-,10+/m0/s1. The molecule has 0 aliphatic heterocycles. The lowest BCUT2D eigenvalue weighted by atomic mass is 9.81. The summed E-state index contributed by atoms with van der Waals surface area (Å²) in [6, 6.07) is 2.24. The summed E-state index contributed by atoms with van der Waals surface area (Å²) in [5.74, 6) is 0.0715. The third-order valence-electron chi connectivity index (χ3n) is 3.38. The topological polar surface area (TPSA) is 67.2 Å². The summed E-state index contributed by atoms with van der Waals surface area (Å²) in [4.78, 5) is 0. The number of nitrogens with zero attached hydrogens (tertiary/aromatic N) is 1. The second-order valence-electron chi connectivity index (χ2n) is 4.49.